The highest BCUT2D eigenvalue weighted by molar-refractivity contribution is 5.87. The van der Waals surface area contributed by atoms with Gasteiger partial charge in [-0.3, -0.25) is 14.6 Å². The van der Waals surface area contributed by atoms with Crippen LogP contribution in [-0.2, 0) is 16.0 Å². The first kappa shape index (κ1) is 14.9. The average Bonchev–Trinajstić information content (AvgIpc) is 2.46. The molecule has 21 heavy (non-hydrogen) atoms. The molecule has 1 atom stereocenters. The number of amides is 2. The van der Waals surface area contributed by atoms with Gasteiger partial charge in [0.2, 0.25) is 11.8 Å². The predicted octanol–water partition coefficient (Wildman–Crippen LogP) is 0.798. The van der Waals surface area contributed by atoms with Gasteiger partial charge in [-0.05, 0) is 12.1 Å². The van der Waals surface area contributed by atoms with E-state index in [4.69, 9.17) is 5.73 Å². The molecular formula is C15H18N4O2. The molecule has 0 bridgehead atoms. The molecule has 6 heteroatoms. The van der Waals surface area contributed by atoms with E-state index >= 15 is 0 Å². The third-order valence-electron chi connectivity index (χ3n) is 3.10. The molecule has 0 saturated carbocycles. The van der Waals surface area contributed by atoms with Gasteiger partial charge in [-0.1, -0.05) is 26.0 Å². The number of hydrogen-bond acceptors (Lipinski definition) is 4. The molecule has 0 aliphatic carbocycles. The van der Waals surface area contributed by atoms with Crippen molar-refractivity contribution in [2.75, 3.05) is 0 Å². The number of nitrogens with one attached hydrogen (secondary N) is 1. The van der Waals surface area contributed by atoms with Gasteiger partial charge in [0.25, 0.3) is 0 Å². The van der Waals surface area contributed by atoms with Crippen molar-refractivity contribution in [2.24, 2.45) is 11.7 Å². The van der Waals surface area contributed by atoms with Gasteiger partial charge in [0.15, 0.2) is 0 Å². The molecule has 0 aliphatic rings. The number of nitrogens with two attached hydrogens (primary N) is 1. The molecule has 1 heterocycles. The summed E-state index contributed by atoms with van der Waals surface area (Å²) >= 11 is 0. The molecule has 2 amide bonds. The molecule has 0 aliphatic heterocycles. The summed E-state index contributed by atoms with van der Waals surface area (Å²) < 4.78 is 0. The van der Waals surface area contributed by atoms with Crippen molar-refractivity contribution in [3.8, 4) is 0 Å². The predicted molar refractivity (Wildman–Crippen MR) is 79.2 cm³/mol. The van der Waals surface area contributed by atoms with E-state index in [1.54, 1.807) is 20.0 Å². The van der Waals surface area contributed by atoms with Crippen LogP contribution < -0.4 is 11.1 Å². The van der Waals surface area contributed by atoms with Gasteiger partial charge < -0.3 is 11.1 Å². The Hall–Kier alpha value is -2.50. The van der Waals surface area contributed by atoms with Gasteiger partial charge in [-0.2, -0.15) is 0 Å². The average molecular weight is 286 g/mol. The summed E-state index contributed by atoms with van der Waals surface area (Å²) in [6.07, 6.45) is 1.82. The summed E-state index contributed by atoms with van der Waals surface area (Å²) in [5, 5.41) is 2.63. The van der Waals surface area contributed by atoms with Crippen molar-refractivity contribution in [3.63, 3.8) is 0 Å². The minimum absolute atomic E-state index is 0.213. The normalized spacial score (nSPS) is 12.3. The van der Waals surface area contributed by atoms with Crippen molar-refractivity contribution in [1.29, 1.82) is 0 Å². The van der Waals surface area contributed by atoms with Crippen molar-refractivity contribution >= 4 is 22.8 Å². The lowest BCUT2D eigenvalue weighted by Gasteiger charge is -2.16. The van der Waals surface area contributed by atoms with E-state index in [9.17, 15) is 9.59 Å². The Morgan fingerprint density at radius 3 is 2.52 bits per heavy atom. The quantitative estimate of drug-likeness (QED) is 0.849. The van der Waals surface area contributed by atoms with Crippen LogP contribution in [0.3, 0.4) is 0 Å². The summed E-state index contributed by atoms with van der Waals surface area (Å²) in [6.45, 7) is 3.51. The highest BCUT2D eigenvalue weighted by Gasteiger charge is 2.20. The minimum atomic E-state index is -0.782. The van der Waals surface area contributed by atoms with Gasteiger partial charge in [-0.25, -0.2) is 4.98 Å². The molecule has 0 radical (unpaired) electrons. The van der Waals surface area contributed by atoms with Crippen LogP contribution in [0.25, 0.3) is 11.0 Å². The second-order valence-corrected chi connectivity index (χ2v) is 5.17. The highest BCUT2D eigenvalue weighted by atomic mass is 16.2. The van der Waals surface area contributed by atoms with E-state index in [-0.39, 0.29) is 18.2 Å². The van der Waals surface area contributed by atoms with E-state index in [2.05, 4.69) is 15.3 Å². The fraction of sp³-hybridized carbons (Fsp3) is 0.333. The van der Waals surface area contributed by atoms with Crippen molar-refractivity contribution in [2.45, 2.75) is 26.3 Å². The maximum absolute atomic E-state index is 11.7. The fourth-order valence-corrected chi connectivity index (χ4v) is 1.86. The Morgan fingerprint density at radius 2 is 1.90 bits per heavy atom. The molecule has 1 aromatic carbocycles. The molecule has 3 N–H and O–H groups in total. The fourth-order valence-electron chi connectivity index (χ4n) is 1.86. The zero-order chi connectivity index (χ0) is 15.4. The summed E-state index contributed by atoms with van der Waals surface area (Å²) in [7, 11) is 0. The Bertz CT molecular complexity index is 670. The highest BCUT2D eigenvalue weighted by Crippen LogP contribution is 2.10. The van der Waals surface area contributed by atoms with Crippen LogP contribution in [0, 0.1) is 5.92 Å². The van der Waals surface area contributed by atoms with Crippen molar-refractivity contribution < 1.29 is 9.59 Å². The van der Waals surface area contributed by atoms with Crippen LogP contribution >= 0.6 is 0 Å². The Kier molecular flexibility index (Phi) is 4.47. The third kappa shape index (κ3) is 3.75. The molecule has 0 spiro atoms. The number of fused-ring (bicyclic) bond motifs is 1. The molecule has 0 saturated heterocycles. The Labute approximate surface area is 122 Å². The van der Waals surface area contributed by atoms with Gasteiger partial charge in [0.1, 0.15) is 6.04 Å². The smallest absolute Gasteiger partial charge is 0.240 e. The van der Waals surface area contributed by atoms with Gasteiger partial charge in [0, 0.05) is 18.5 Å². The molecule has 6 nitrogen and oxygen atoms in total. The van der Waals surface area contributed by atoms with E-state index < -0.39 is 11.9 Å². The summed E-state index contributed by atoms with van der Waals surface area (Å²) in [5.41, 5.74) is 7.48. The van der Waals surface area contributed by atoms with E-state index in [0.29, 0.717) is 5.69 Å². The topological polar surface area (TPSA) is 98.0 Å². The van der Waals surface area contributed by atoms with Gasteiger partial charge in [-0.15, -0.1) is 0 Å². The summed E-state index contributed by atoms with van der Waals surface area (Å²) in [6, 6.07) is 6.67. The zero-order valence-corrected chi connectivity index (χ0v) is 12.0. The second-order valence-electron chi connectivity index (χ2n) is 5.17. The monoisotopic (exact) mass is 286 g/mol. The first-order valence-electron chi connectivity index (χ1n) is 6.77. The van der Waals surface area contributed by atoms with Crippen molar-refractivity contribution in [1.82, 2.24) is 15.3 Å². The van der Waals surface area contributed by atoms with E-state index in [1.807, 2.05) is 24.3 Å². The van der Waals surface area contributed by atoms with Crippen LogP contribution in [0.1, 0.15) is 19.5 Å². The maximum Gasteiger partial charge on any atom is 0.240 e. The number of benzene rings is 1. The van der Waals surface area contributed by atoms with Gasteiger partial charge in [0.05, 0.1) is 16.7 Å². The van der Waals surface area contributed by atoms with Crippen LogP contribution in [0.5, 0.6) is 0 Å². The summed E-state index contributed by atoms with van der Waals surface area (Å²) in [4.78, 5) is 31.9. The second kappa shape index (κ2) is 6.30. The lowest BCUT2D eigenvalue weighted by molar-refractivity contribution is -0.129. The number of aromatic nitrogens is 2. The molecule has 110 valence electrons. The molecule has 0 fully saturated rings. The number of primary amides is 1. The lowest BCUT2D eigenvalue weighted by Crippen LogP contribution is -2.47. The maximum atomic E-state index is 11.7. The number of rotatable bonds is 5. The minimum Gasteiger partial charge on any atom is -0.368 e. The number of carbonyl (C=O) groups is 2. The lowest BCUT2D eigenvalue weighted by atomic mass is 10.1. The molecular weight excluding hydrogens is 268 g/mol. The van der Waals surface area contributed by atoms with Crippen LogP contribution in [-0.4, -0.2) is 27.8 Å². The largest absolute Gasteiger partial charge is 0.368 e. The number of nitrogens with zero attached hydrogens (tertiary/aromatic N) is 2. The summed E-state index contributed by atoms with van der Waals surface area (Å²) in [5.74, 6) is -1.01. The number of carbonyl (C=O) groups excluding carboxylic acids is 2. The van der Waals surface area contributed by atoms with Crippen LogP contribution in [0.15, 0.2) is 30.5 Å². The first-order valence-corrected chi connectivity index (χ1v) is 6.77. The molecule has 2 aromatic rings. The van der Waals surface area contributed by atoms with Gasteiger partial charge >= 0.3 is 0 Å². The van der Waals surface area contributed by atoms with Crippen LogP contribution in [0.2, 0.25) is 0 Å². The standard InChI is InChI=1S/C15H18N4O2/c1-9(2)15(21)19-13(14(16)20)7-10-8-17-11-5-3-4-6-12(11)18-10/h3-6,8-9,13H,7H2,1-2H3,(H2,16,20)(H,19,21)/t13-/m0/s1. The Balaban J connectivity index is 2.18. The SMILES string of the molecule is CC(C)C(=O)N[C@@H](Cc1cnc2ccccc2n1)C(N)=O. The first-order chi connectivity index (χ1) is 9.97. The molecule has 2 rings (SSSR count). The number of para-hydroxylation sites is 2. The molecule has 0 unspecified atom stereocenters. The third-order valence-corrected chi connectivity index (χ3v) is 3.10. The zero-order valence-electron chi connectivity index (χ0n) is 12.0. The van der Waals surface area contributed by atoms with Crippen molar-refractivity contribution in [3.05, 3.63) is 36.2 Å². The van der Waals surface area contributed by atoms with E-state index in [0.717, 1.165) is 11.0 Å². The van der Waals surface area contributed by atoms with E-state index in [1.165, 1.54) is 0 Å². The molecule has 1 aromatic heterocycles. The Morgan fingerprint density at radius 1 is 1.24 bits per heavy atom. The van der Waals surface area contributed by atoms with Crippen LogP contribution in [0.4, 0.5) is 0 Å². The number of hydrogen-bond donors (Lipinski definition) is 2.